The van der Waals surface area contributed by atoms with Crippen LogP contribution in [0.2, 0.25) is 0 Å². The van der Waals surface area contributed by atoms with Crippen LogP contribution in [0.5, 0.6) is 0 Å². The molecular weight excluding hydrogens is 248 g/mol. The van der Waals surface area contributed by atoms with Gasteiger partial charge in [0.05, 0.1) is 0 Å². The average molecular weight is 272 g/mol. The van der Waals surface area contributed by atoms with Crippen LogP contribution in [0.4, 0.5) is 4.79 Å². The highest BCUT2D eigenvalue weighted by molar-refractivity contribution is 5.82. The molecule has 1 rings (SSSR count). The van der Waals surface area contributed by atoms with Crippen LogP contribution in [-0.4, -0.2) is 54.4 Å². The summed E-state index contributed by atoms with van der Waals surface area (Å²) in [5, 5.41) is 11.7. The fraction of sp³-hybridized carbons (Fsp3) is 0.846. The summed E-state index contributed by atoms with van der Waals surface area (Å²) in [5.74, 6) is -1.02. The van der Waals surface area contributed by atoms with Crippen LogP contribution in [0.15, 0.2) is 0 Å². The van der Waals surface area contributed by atoms with Gasteiger partial charge in [0.2, 0.25) is 0 Å². The number of hydrogen-bond acceptors (Lipinski definition) is 3. The topological polar surface area (TPSA) is 78.9 Å². The monoisotopic (exact) mass is 272 g/mol. The van der Waals surface area contributed by atoms with Crippen molar-refractivity contribution in [2.75, 3.05) is 20.3 Å². The van der Waals surface area contributed by atoms with E-state index in [1.807, 2.05) is 0 Å². The molecule has 0 aromatic rings. The smallest absolute Gasteiger partial charge is 0.326 e. The van der Waals surface area contributed by atoms with Crippen molar-refractivity contribution in [3.8, 4) is 0 Å². The van der Waals surface area contributed by atoms with Crippen LogP contribution in [0.25, 0.3) is 0 Å². The van der Waals surface area contributed by atoms with Gasteiger partial charge in [-0.15, -0.1) is 0 Å². The molecule has 0 radical (unpaired) electrons. The third-order valence-corrected chi connectivity index (χ3v) is 3.21. The summed E-state index contributed by atoms with van der Waals surface area (Å²) in [6.45, 7) is 3.08. The SMILES string of the molecule is CCCCN(C(=O)NC(CCOC)C(=O)O)C1CC1. The second-order valence-electron chi connectivity index (χ2n) is 4.90. The number of ether oxygens (including phenoxy) is 1. The van der Waals surface area contributed by atoms with E-state index in [0.717, 1.165) is 25.7 Å². The van der Waals surface area contributed by atoms with Gasteiger partial charge in [0.25, 0.3) is 0 Å². The first-order chi connectivity index (χ1) is 9.10. The van der Waals surface area contributed by atoms with Crippen LogP contribution in [0.1, 0.15) is 39.0 Å². The molecule has 0 saturated heterocycles. The van der Waals surface area contributed by atoms with Crippen molar-refractivity contribution >= 4 is 12.0 Å². The van der Waals surface area contributed by atoms with E-state index >= 15 is 0 Å². The van der Waals surface area contributed by atoms with Gasteiger partial charge in [0.15, 0.2) is 0 Å². The number of carbonyl (C=O) groups excluding carboxylic acids is 1. The highest BCUT2D eigenvalue weighted by Gasteiger charge is 2.33. The lowest BCUT2D eigenvalue weighted by atomic mass is 10.2. The molecule has 1 fully saturated rings. The molecule has 1 saturated carbocycles. The fourth-order valence-corrected chi connectivity index (χ4v) is 1.89. The quantitative estimate of drug-likeness (QED) is 0.666. The Balaban J connectivity index is 2.49. The van der Waals surface area contributed by atoms with Crippen molar-refractivity contribution in [2.24, 2.45) is 0 Å². The molecule has 6 nitrogen and oxygen atoms in total. The molecule has 0 spiro atoms. The highest BCUT2D eigenvalue weighted by atomic mass is 16.5. The zero-order valence-electron chi connectivity index (χ0n) is 11.7. The Morgan fingerprint density at radius 3 is 2.63 bits per heavy atom. The van der Waals surface area contributed by atoms with Gasteiger partial charge >= 0.3 is 12.0 Å². The minimum absolute atomic E-state index is 0.264. The molecule has 0 aromatic heterocycles. The molecular formula is C13H24N2O4. The maximum absolute atomic E-state index is 12.1. The van der Waals surface area contributed by atoms with Crippen LogP contribution in [0.3, 0.4) is 0 Å². The third kappa shape index (κ3) is 5.46. The minimum Gasteiger partial charge on any atom is -0.480 e. The van der Waals surface area contributed by atoms with E-state index in [1.165, 1.54) is 7.11 Å². The maximum atomic E-state index is 12.1. The number of unbranched alkanes of at least 4 members (excludes halogenated alkanes) is 1. The summed E-state index contributed by atoms with van der Waals surface area (Å²) >= 11 is 0. The number of carbonyl (C=O) groups is 2. The molecule has 110 valence electrons. The van der Waals surface area contributed by atoms with Gasteiger partial charge in [-0.05, 0) is 19.3 Å². The van der Waals surface area contributed by atoms with Crippen molar-refractivity contribution in [2.45, 2.75) is 51.1 Å². The second kappa shape index (κ2) is 7.99. The molecule has 2 amide bonds. The van der Waals surface area contributed by atoms with Crippen molar-refractivity contribution < 1.29 is 19.4 Å². The van der Waals surface area contributed by atoms with Crippen molar-refractivity contribution in [1.82, 2.24) is 10.2 Å². The van der Waals surface area contributed by atoms with Gasteiger partial charge in [-0.2, -0.15) is 0 Å². The lowest BCUT2D eigenvalue weighted by molar-refractivity contribution is -0.139. The second-order valence-corrected chi connectivity index (χ2v) is 4.90. The van der Waals surface area contributed by atoms with E-state index in [1.54, 1.807) is 4.90 Å². The Labute approximate surface area is 114 Å². The first-order valence-corrected chi connectivity index (χ1v) is 6.89. The minimum atomic E-state index is -1.02. The number of hydrogen-bond donors (Lipinski definition) is 2. The molecule has 2 N–H and O–H groups in total. The van der Waals surface area contributed by atoms with E-state index in [0.29, 0.717) is 19.2 Å². The molecule has 1 aliphatic rings. The van der Waals surface area contributed by atoms with Crippen LogP contribution in [-0.2, 0) is 9.53 Å². The fourth-order valence-electron chi connectivity index (χ4n) is 1.89. The number of nitrogens with zero attached hydrogens (tertiary/aromatic N) is 1. The molecule has 1 atom stereocenters. The zero-order chi connectivity index (χ0) is 14.3. The largest absolute Gasteiger partial charge is 0.480 e. The first kappa shape index (κ1) is 15.8. The summed E-state index contributed by atoms with van der Waals surface area (Å²) in [4.78, 5) is 25.0. The summed E-state index contributed by atoms with van der Waals surface area (Å²) in [7, 11) is 1.51. The Bertz CT molecular complexity index is 305. The lowest BCUT2D eigenvalue weighted by Gasteiger charge is -2.25. The normalized spacial score (nSPS) is 15.9. The Hall–Kier alpha value is -1.30. The molecule has 0 heterocycles. The van der Waals surface area contributed by atoms with E-state index in [9.17, 15) is 9.59 Å². The number of rotatable bonds is 9. The number of nitrogens with one attached hydrogen (secondary N) is 1. The summed E-state index contributed by atoms with van der Waals surface area (Å²) in [5.41, 5.74) is 0. The summed E-state index contributed by atoms with van der Waals surface area (Å²) < 4.78 is 4.86. The van der Waals surface area contributed by atoms with Gasteiger partial charge < -0.3 is 20.1 Å². The molecule has 0 aromatic carbocycles. The van der Waals surface area contributed by atoms with Gasteiger partial charge in [0, 0.05) is 32.7 Å². The van der Waals surface area contributed by atoms with E-state index in [2.05, 4.69) is 12.2 Å². The lowest BCUT2D eigenvalue weighted by Crippen LogP contribution is -2.49. The van der Waals surface area contributed by atoms with Crippen LogP contribution < -0.4 is 5.32 Å². The highest BCUT2D eigenvalue weighted by Crippen LogP contribution is 2.27. The first-order valence-electron chi connectivity index (χ1n) is 6.89. The molecule has 19 heavy (non-hydrogen) atoms. The van der Waals surface area contributed by atoms with Gasteiger partial charge in [-0.1, -0.05) is 13.3 Å². The van der Waals surface area contributed by atoms with E-state index in [-0.39, 0.29) is 12.5 Å². The van der Waals surface area contributed by atoms with Crippen molar-refractivity contribution in [3.63, 3.8) is 0 Å². The molecule has 0 aliphatic heterocycles. The number of aliphatic carboxylic acids is 1. The number of methoxy groups -OCH3 is 1. The third-order valence-electron chi connectivity index (χ3n) is 3.21. The van der Waals surface area contributed by atoms with Crippen LogP contribution in [0, 0.1) is 0 Å². The number of carboxylic acids is 1. The predicted octanol–water partition coefficient (Wildman–Crippen LogP) is 1.45. The summed E-state index contributed by atoms with van der Waals surface area (Å²) in [6.07, 6.45) is 4.28. The number of urea groups is 1. The Kier molecular flexibility index (Phi) is 6.62. The van der Waals surface area contributed by atoms with E-state index in [4.69, 9.17) is 9.84 Å². The number of amides is 2. The molecule has 1 aliphatic carbocycles. The number of carboxylic acid groups (broad SMARTS) is 1. The zero-order valence-corrected chi connectivity index (χ0v) is 11.7. The standard InChI is InChI=1S/C13H24N2O4/c1-3-4-8-15(10-5-6-10)13(18)14-11(12(16)17)7-9-19-2/h10-11H,3-9H2,1-2H3,(H,14,18)(H,16,17). The van der Waals surface area contributed by atoms with Crippen molar-refractivity contribution in [1.29, 1.82) is 0 Å². The molecule has 0 bridgehead atoms. The summed E-state index contributed by atoms with van der Waals surface area (Å²) in [6, 6.07) is -0.849. The van der Waals surface area contributed by atoms with Gasteiger partial charge in [0.1, 0.15) is 6.04 Å². The molecule has 6 heteroatoms. The van der Waals surface area contributed by atoms with Gasteiger partial charge in [-0.3, -0.25) is 0 Å². The van der Waals surface area contributed by atoms with Crippen LogP contribution >= 0.6 is 0 Å². The Morgan fingerprint density at radius 1 is 1.47 bits per heavy atom. The van der Waals surface area contributed by atoms with E-state index < -0.39 is 12.0 Å². The maximum Gasteiger partial charge on any atom is 0.326 e. The predicted molar refractivity (Wildman–Crippen MR) is 71.1 cm³/mol. The Morgan fingerprint density at radius 2 is 2.16 bits per heavy atom. The van der Waals surface area contributed by atoms with Gasteiger partial charge in [-0.25, -0.2) is 9.59 Å². The molecule has 1 unspecified atom stereocenters. The average Bonchev–Trinajstić information content (AvgIpc) is 3.19. The van der Waals surface area contributed by atoms with Crippen molar-refractivity contribution in [3.05, 3.63) is 0 Å².